The Labute approximate surface area is 81.0 Å². The molecule has 3 nitrogen and oxygen atoms in total. The average molecular weight is 190 g/mol. The lowest BCUT2D eigenvalue weighted by Crippen LogP contribution is -2.43. The van der Waals surface area contributed by atoms with Crippen molar-refractivity contribution >= 4 is 0 Å². The van der Waals surface area contributed by atoms with Crippen LogP contribution in [0.3, 0.4) is 0 Å². The van der Waals surface area contributed by atoms with Gasteiger partial charge in [0.15, 0.2) is 0 Å². The summed E-state index contributed by atoms with van der Waals surface area (Å²) in [5.41, 5.74) is -0.491. The molecule has 2 unspecified atom stereocenters. The van der Waals surface area contributed by atoms with Gasteiger partial charge in [0.25, 0.3) is 0 Å². The average Bonchev–Trinajstić information content (AvgIpc) is 2.12. The first-order valence-corrected chi connectivity index (χ1v) is 4.81. The molecule has 0 aromatic carbocycles. The Morgan fingerprint density at radius 1 is 1.38 bits per heavy atom. The molecule has 0 bridgehead atoms. The maximum Gasteiger partial charge on any atom is 0.106 e. The lowest BCUT2D eigenvalue weighted by Gasteiger charge is -2.32. The molecule has 1 N–H and O–H groups in total. The van der Waals surface area contributed by atoms with Crippen LogP contribution >= 0.6 is 0 Å². The quantitative estimate of drug-likeness (QED) is 0.691. The fourth-order valence-corrected chi connectivity index (χ4v) is 0.976. The molecular formula is C10H22O3. The van der Waals surface area contributed by atoms with Crippen LogP contribution in [0.1, 0.15) is 34.1 Å². The second kappa shape index (κ2) is 5.58. The fraction of sp³-hybridized carbons (Fsp3) is 1.00. The molecule has 0 radical (unpaired) electrons. The number of rotatable bonds is 6. The molecule has 0 saturated carbocycles. The van der Waals surface area contributed by atoms with Crippen LogP contribution in [-0.2, 0) is 9.47 Å². The molecule has 0 saturated heterocycles. The molecule has 0 aromatic heterocycles. The van der Waals surface area contributed by atoms with Crippen molar-refractivity contribution in [2.75, 3.05) is 13.7 Å². The highest BCUT2D eigenvalue weighted by Gasteiger charge is 2.31. The first-order chi connectivity index (χ1) is 5.96. The molecule has 0 amide bonds. The van der Waals surface area contributed by atoms with Gasteiger partial charge in [-0.1, -0.05) is 6.92 Å². The van der Waals surface area contributed by atoms with Crippen LogP contribution in [0, 0.1) is 0 Å². The molecule has 0 aromatic rings. The van der Waals surface area contributed by atoms with E-state index in [1.165, 1.54) is 0 Å². The zero-order valence-corrected chi connectivity index (χ0v) is 9.33. The molecule has 0 aliphatic rings. The predicted octanol–water partition coefficient (Wildman–Crippen LogP) is 1.59. The maximum atomic E-state index is 9.77. The summed E-state index contributed by atoms with van der Waals surface area (Å²) in [5.74, 6) is 0. The van der Waals surface area contributed by atoms with Crippen molar-refractivity contribution < 1.29 is 14.6 Å². The van der Waals surface area contributed by atoms with Gasteiger partial charge in [0.05, 0.1) is 18.3 Å². The molecule has 0 spiro atoms. The highest BCUT2D eigenvalue weighted by Crippen LogP contribution is 2.19. The zero-order chi connectivity index (χ0) is 10.5. The van der Waals surface area contributed by atoms with E-state index in [1.54, 1.807) is 7.11 Å². The molecule has 13 heavy (non-hydrogen) atoms. The monoisotopic (exact) mass is 190 g/mol. The molecule has 0 heterocycles. The first-order valence-electron chi connectivity index (χ1n) is 4.81. The van der Waals surface area contributed by atoms with Gasteiger partial charge in [-0.15, -0.1) is 0 Å². The normalized spacial score (nSPS) is 18.7. The van der Waals surface area contributed by atoms with E-state index >= 15 is 0 Å². The molecule has 3 heteroatoms. The molecule has 2 atom stereocenters. The fourth-order valence-electron chi connectivity index (χ4n) is 0.976. The Hall–Kier alpha value is -0.120. The van der Waals surface area contributed by atoms with Crippen molar-refractivity contribution in [3.05, 3.63) is 0 Å². The first kappa shape index (κ1) is 12.9. The van der Waals surface area contributed by atoms with Gasteiger partial charge in [-0.2, -0.15) is 0 Å². The van der Waals surface area contributed by atoms with E-state index in [-0.39, 0.29) is 6.10 Å². The zero-order valence-electron chi connectivity index (χ0n) is 9.33. The summed E-state index contributed by atoms with van der Waals surface area (Å²) < 4.78 is 10.6. The van der Waals surface area contributed by atoms with Crippen LogP contribution in [0.5, 0.6) is 0 Å². The Morgan fingerprint density at radius 2 is 1.92 bits per heavy atom. The van der Waals surface area contributed by atoms with Gasteiger partial charge < -0.3 is 14.6 Å². The predicted molar refractivity (Wildman–Crippen MR) is 52.8 cm³/mol. The van der Waals surface area contributed by atoms with Crippen molar-refractivity contribution in [3.8, 4) is 0 Å². The van der Waals surface area contributed by atoms with E-state index < -0.39 is 11.7 Å². The van der Waals surface area contributed by atoms with Crippen LogP contribution in [0.2, 0.25) is 0 Å². The molecule has 80 valence electrons. The van der Waals surface area contributed by atoms with E-state index in [4.69, 9.17) is 9.47 Å². The lowest BCUT2D eigenvalue weighted by molar-refractivity contribution is -0.125. The summed E-state index contributed by atoms with van der Waals surface area (Å²) in [6.45, 7) is 8.10. The Bertz CT molecular complexity index is 130. The van der Waals surface area contributed by atoms with Crippen molar-refractivity contribution in [3.63, 3.8) is 0 Å². The number of hydrogen-bond donors (Lipinski definition) is 1. The second-order valence-electron chi connectivity index (χ2n) is 3.77. The van der Waals surface area contributed by atoms with E-state index in [2.05, 4.69) is 0 Å². The topological polar surface area (TPSA) is 38.7 Å². The lowest BCUT2D eigenvalue weighted by atomic mass is 9.96. The smallest absolute Gasteiger partial charge is 0.106 e. The Morgan fingerprint density at radius 3 is 2.23 bits per heavy atom. The molecule has 0 fully saturated rings. The van der Waals surface area contributed by atoms with Gasteiger partial charge in [-0.3, -0.25) is 0 Å². The van der Waals surface area contributed by atoms with Gasteiger partial charge in [0.1, 0.15) is 6.10 Å². The second-order valence-corrected chi connectivity index (χ2v) is 3.77. The standard InChI is InChI=1S/C10H22O3/c1-6-10(4,12-5)9(11)7-13-8(2)3/h8-9,11H,6-7H2,1-5H3. The van der Waals surface area contributed by atoms with Gasteiger partial charge in [-0.25, -0.2) is 0 Å². The number of aliphatic hydroxyl groups is 1. The van der Waals surface area contributed by atoms with Gasteiger partial charge in [0.2, 0.25) is 0 Å². The molecule has 0 rings (SSSR count). The number of ether oxygens (including phenoxy) is 2. The number of methoxy groups -OCH3 is 1. The van der Waals surface area contributed by atoms with Gasteiger partial charge in [0, 0.05) is 7.11 Å². The summed E-state index contributed by atoms with van der Waals surface area (Å²) in [6, 6.07) is 0. The maximum absolute atomic E-state index is 9.77. The van der Waals surface area contributed by atoms with Crippen molar-refractivity contribution in [1.82, 2.24) is 0 Å². The third-order valence-corrected chi connectivity index (χ3v) is 2.46. The van der Waals surface area contributed by atoms with Crippen LogP contribution in [0.4, 0.5) is 0 Å². The molecule has 0 aliphatic heterocycles. The van der Waals surface area contributed by atoms with Crippen LogP contribution in [0.25, 0.3) is 0 Å². The Balaban J connectivity index is 3.99. The largest absolute Gasteiger partial charge is 0.388 e. The van der Waals surface area contributed by atoms with Crippen molar-refractivity contribution in [2.24, 2.45) is 0 Å². The van der Waals surface area contributed by atoms with Gasteiger partial charge >= 0.3 is 0 Å². The van der Waals surface area contributed by atoms with Crippen molar-refractivity contribution in [2.45, 2.75) is 51.9 Å². The SMILES string of the molecule is CCC(C)(OC)C(O)COC(C)C. The highest BCUT2D eigenvalue weighted by atomic mass is 16.5. The third kappa shape index (κ3) is 4.07. The van der Waals surface area contributed by atoms with E-state index in [0.29, 0.717) is 6.61 Å². The van der Waals surface area contributed by atoms with E-state index in [1.807, 2.05) is 27.7 Å². The van der Waals surface area contributed by atoms with Crippen molar-refractivity contribution in [1.29, 1.82) is 0 Å². The van der Waals surface area contributed by atoms with Crippen LogP contribution < -0.4 is 0 Å². The highest BCUT2D eigenvalue weighted by molar-refractivity contribution is 4.82. The molecular weight excluding hydrogens is 168 g/mol. The minimum atomic E-state index is -0.565. The summed E-state index contributed by atoms with van der Waals surface area (Å²) in [4.78, 5) is 0. The van der Waals surface area contributed by atoms with Crippen LogP contribution in [0.15, 0.2) is 0 Å². The third-order valence-electron chi connectivity index (χ3n) is 2.46. The summed E-state index contributed by atoms with van der Waals surface area (Å²) >= 11 is 0. The van der Waals surface area contributed by atoms with E-state index in [9.17, 15) is 5.11 Å². The minimum Gasteiger partial charge on any atom is -0.388 e. The number of aliphatic hydroxyl groups excluding tert-OH is 1. The summed E-state index contributed by atoms with van der Waals surface area (Å²) in [7, 11) is 1.61. The number of hydrogen-bond acceptors (Lipinski definition) is 3. The summed E-state index contributed by atoms with van der Waals surface area (Å²) in [5, 5.41) is 9.77. The van der Waals surface area contributed by atoms with Crippen LogP contribution in [-0.4, -0.2) is 36.6 Å². The minimum absolute atomic E-state index is 0.146. The van der Waals surface area contributed by atoms with E-state index in [0.717, 1.165) is 6.42 Å². The summed E-state index contributed by atoms with van der Waals surface area (Å²) in [6.07, 6.45) is 0.351. The van der Waals surface area contributed by atoms with Gasteiger partial charge in [-0.05, 0) is 27.2 Å². The Kier molecular flexibility index (Phi) is 5.53. The molecule has 0 aliphatic carbocycles.